The minimum atomic E-state index is -4.98. The van der Waals surface area contributed by atoms with Crippen LogP contribution in [-0.2, 0) is 65.4 Å². The van der Waals surface area contributed by atoms with E-state index in [0.717, 1.165) is 122 Å². The molecule has 0 spiro atoms. The smallest absolute Gasteiger partial charge is 0.462 e. The summed E-state index contributed by atoms with van der Waals surface area (Å²) in [6.07, 6.45) is 71.8. The summed E-state index contributed by atoms with van der Waals surface area (Å²) in [5.41, 5.74) is 0. The van der Waals surface area contributed by atoms with Crippen molar-refractivity contribution in [2.45, 2.75) is 367 Å². The van der Waals surface area contributed by atoms with Gasteiger partial charge in [-0.15, -0.1) is 0 Å². The molecule has 0 fully saturated rings. The average molecular weight is 1430 g/mol. The molecule has 0 aromatic heterocycles. The van der Waals surface area contributed by atoms with Gasteiger partial charge in [0.25, 0.3) is 0 Å². The first-order valence-electron chi connectivity index (χ1n) is 39.2. The predicted octanol–water partition coefficient (Wildman–Crippen LogP) is 22.4. The van der Waals surface area contributed by atoms with Crippen molar-refractivity contribution in [3.8, 4) is 0 Å². The van der Waals surface area contributed by atoms with Crippen LogP contribution < -0.4 is 0 Å². The number of hydrogen-bond acceptors (Lipinski definition) is 15. The Morgan fingerprint density at radius 1 is 0.286 bits per heavy atom. The minimum absolute atomic E-state index is 0.0755. The maximum Gasteiger partial charge on any atom is 0.472 e. The molecule has 0 saturated carbocycles. The molecule has 0 aliphatic carbocycles. The van der Waals surface area contributed by atoms with Gasteiger partial charge < -0.3 is 33.8 Å². The van der Waals surface area contributed by atoms with Gasteiger partial charge in [0.05, 0.1) is 26.4 Å². The van der Waals surface area contributed by atoms with Crippen molar-refractivity contribution in [3.05, 3.63) is 72.9 Å². The van der Waals surface area contributed by atoms with Crippen LogP contribution >= 0.6 is 15.6 Å². The summed E-state index contributed by atoms with van der Waals surface area (Å²) in [7, 11) is -9.96. The monoisotopic (exact) mass is 1420 g/mol. The summed E-state index contributed by atoms with van der Waals surface area (Å²) < 4.78 is 68.4. The molecule has 3 N–H and O–H groups in total. The molecule has 0 saturated heterocycles. The number of allylic oxidation sites excluding steroid dienone is 12. The zero-order valence-electron chi connectivity index (χ0n) is 62.2. The van der Waals surface area contributed by atoms with Gasteiger partial charge >= 0.3 is 39.5 Å². The lowest BCUT2D eigenvalue weighted by atomic mass is 10.0. The van der Waals surface area contributed by atoms with E-state index in [1.54, 1.807) is 0 Å². The molecule has 2 unspecified atom stereocenters. The van der Waals surface area contributed by atoms with Crippen molar-refractivity contribution in [1.82, 2.24) is 0 Å². The van der Waals surface area contributed by atoms with Gasteiger partial charge in [0, 0.05) is 25.7 Å². The Labute approximate surface area is 596 Å². The van der Waals surface area contributed by atoms with E-state index in [2.05, 4.69) is 88.5 Å². The fourth-order valence-electron chi connectivity index (χ4n) is 10.6. The van der Waals surface area contributed by atoms with Crippen molar-refractivity contribution in [2.75, 3.05) is 39.6 Å². The van der Waals surface area contributed by atoms with E-state index in [9.17, 15) is 43.2 Å². The van der Waals surface area contributed by atoms with Crippen LogP contribution in [-0.4, -0.2) is 96.7 Å². The van der Waals surface area contributed by atoms with E-state index >= 15 is 0 Å². The van der Waals surface area contributed by atoms with E-state index < -0.39 is 97.5 Å². The predicted molar refractivity (Wildman–Crippen MR) is 400 cm³/mol. The summed E-state index contributed by atoms with van der Waals surface area (Å²) in [5.74, 6) is -2.23. The van der Waals surface area contributed by atoms with E-state index in [-0.39, 0.29) is 25.7 Å². The Balaban J connectivity index is 5.37. The van der Waals surface area contributed by atoms with Gasteiger partial charge in [-0.3, -0.25) is 37.3 Å². The largest absolute Gasteiger partial charge is 0.472 e. The summed E-state index contributed by atoms with van der Waals surface area (Å²) >= 11 is 0. The summed E-state index contributed by atoms with van der Waals surface area (Å²) in [5, 5.41) is 10.6. The Morgan fingerprint density at radius 2 is 0.510 bits per heavy atom. The van der Waals surface area contributed by atoms with Crippen LogP contribution in [0.2, 0.25) is 0 Å². The summed E-state index contributed by atoms with van der Waals surface area (Å²) in [4.78, 5) is 72.8. The topological polar surface area (TPSA) is 237 Å². The molecule has 0 aliphatic heterocycles. The molecule has 0 aliphatic rings. The fourth-order valence-corrected chi connectivity index (χ4v) is 12.2. The Morgan fingerprint density at radius 3 is 0.847 bits per heavy atom. The second-order valence-electron chi connectivity index (χ2n) is 26.3. The summed E-state index contributed by atoms with van der Waals surface area (Å²) in [6.45, 7) is 4.79. The number of aliphatic hydroxyl groups excluding tert-OH is 1. The van der Waals surface area contributed by atoms with Crippen LogP contribution in [0, 0.1) is 0 Å². The third kappa shape index (κ3) is 70.9. The van der Waals surface area contributed by atoms with Crippen LogP contribution in [0.25, 0.3) is 0 Å². The molecule has 17 nitrogen and oxygen atoms in total. The van der Waals surface area contributed by atoms with Gasteiger partial charge in [0.15, 0.2) is 12.2 Å². The van der Waals surface area contributed by atoms with Gasteiger partial charge in [-0.2, -0.15) is 0 Å². The molecule has 0 radical (unpaired) electrons. The number of phosphoric acid groups is 2. The number of ether oxygens (including phenoxy) is 4. The minimum Gasteiger partial charge on any atom is -0.462 e. The first-order valence-corrected chi connectivity index (χ1v) is 42.2. The highest BCUT2D eigenvalue weighted by Crippen LogP contribution is 2.45. The van der Waals surface area contributed by atoms with Crippen molar-refractivity contribution in [3.63, 3.8) is 0 Å². The van der Waals surface area contributed by atoms with Crippen LogP contribution in [0.1, 0.15) is 349 Å². The molecule has 570 valence electrons. The molecule has 0 amide bonds. The van der Waals surface area contributed by atoms with Gasteiger partial charge in [0.1, 0.15) is 19.3 Å². The van der Waals surface area contributed by atoms with Gasteiger partial charge in [-0.1, -0.05) is 280 Å². The van der Waals surface area contributed by atoms with Crippen molar-refractivity contribution >= 4 is 39.5 Å². The Bertz CT molecular complexity index is 2140. The molecule has 0 aromatic carbocycles. The number of aliphatic hydroxyl groups is 1. The van der Waals surface area contributed by atoms with Crippen molar-refractivity contribution in [2.24, 2.45) is 0 Å². The SMILES string of the molecule is CCCCC/C=C\C/C=C\C/C=C\C/C=C\CCCC(=O)OC[C@H](COP(=O)(O)OC[C@H](O)COP(=O)(O)OC[C@@H](COC(=O)CCCCCCCCCCCCCCC)OC(=O)CCCCCCC/C=C\CCCCCCCC)OC(=O)CCCCCCC/C=C\CCCCCC. The molecule has 0 rings (SSSR count). The third-order valence-corrected chi connectivity index (χ3v) is 18.5. The zero-order valence-corrected chi connectivity index (χ0v) is 64.0. The van der Waals surface area contributed by atoms with E-state index in [1.807, 2.05) is 12.2 Å². The molecule has 5 atom stereocenters. The number of esters is 4. The average Bonchev–Trinajstić information content (AvgIpc) is 0.962. The van der Waals surface area contributed by atoms with Gasteiger partial charge in [-0.05, 0) is 116 Å². The quantitative estimate of drug-likeness (QED) is 0.0169. The normalized spacial score (nSPS) is 14.3. The lowest BCUT2D eigenvalue weighted by molar-refractivity contribution is -0.161. The fraction of sp³-hybridized carbons (Fsp3) is 0.797. The van der Waals surface area contributed by atoms with Crippen molar-refractivity contribution in [1.29, 1.82) is 0 Å². The standard InChI is InChI=1S/C79H142O17P2/c1-5-9-13-17-21-25-29-33-35-36-38-41-44-48-52-56-60-64-77(82)90-70-74(95-78(83)65-61-57-53-49-45-40-32-28-24-20-16-12-8-4)71-93-97(85,86)91-67-73(80)68-92-98(87,88)94-72-75(69-89-76(81)63-59-55-51-47-43-39-31-27-23-19-15-11-7-3)96-79(84)66-62-58-54-50-46-42-37-34-30-26-22-18-14-10-6-2/h21,25,28,32-35,37-38,41,48,52,73-75,80H,5-20,22-24,26-27,29-31,36,39-40,42-47,49-51,53-72H2,1-4H3,(H,85,86)(H,87,88)/b25-21-,32-28-,35-33-,37-34-,41-38-,52-48-/t73-,74+,75+/m0/s1. The molecule has 98 heavy (non-hydrogen) atoms. The Hall–Kier alpha value is -3.50. The Kier molecular flexibility index (Phi) is 69.3. The van der Waals surface area contributed by atoms with Crippen LogP contribution in [0.15, 0.2) is 72.9 Å². The first kappa shape index (κ1) is 94.5. The molecule has 0 bridgehead atoms. The van der Waals surface area contributed by atoms with E-state index in [4.69, 9.17) is 37.0 Å². The second kappa shape index (κ2) is 71.9. The third-order valence-electron chi connectivity index (χ3n) is 16.6. The van der Waals surface area contributed by atoms with Crippen LogP contribution in [0.3, 0.4) is 0 Å². The number of unbranched alkanes of at least 4 members (excludes halogenated alkanes) is 36. The molecular weight excluding hydrogens is 1280 g/mol. The number of phosphoric ester groups is 2. The second-order valence-corrected chi connectivity index (χ2v) is 29.2. The maximum absolute atomic E-state index is 13.1. The lowest BCUT2D eigenvalue weighted by Crippen LogP contribution is -2.30. The van der Waals surface area contributed by atoms with Gasteiger partial charge in [-0.25, -0.2) is 9.13 Å². The first-order chi connectivity index (χ1) is 47.7. The lowest BCUT2D eigenvalue weighted by Gasteiger charge is -2.21. The molecule has 0 aromatic rings. The highest BCUT2D eigenvalue weighted by atomic mass is 31.2. The number of rotatable bonds is 74. The molecular formula is C79H142O17P2. The zero-order chi connectivity index (χ0) is 71.8. The van der Waals surface area contributed by atoms with Crippen LogP contribution in [0.4, 0.5) is 0 Å². The van der Waals surface area contributed by atoms with E-state index in [0.29, 0.717) is 32.1 Å². The maximum atomic E-state index is 13.1. The molecule has 19 heteroatoms. The number of hydrogen-bond donors (Lipinski definition) is 3. The highest BCUT2D eigenvalue weighted by Gasteiger charge is 2.30. The highest BCUT2D eigenvalue weighted by molar-refractivity contribution is 7.47. The van der Waals surface area contributed by atoms with Crippen LogP contribution in [0.5, 0.6) is 0 Å². The number of carbonyl (C=O) groups is 4. The van der Waals surface area contributed by atoms with Gasteiger partial charge in [0.2, 0.25) is 0 Å². The number of carbonyl (C=O) groups excluding carboxylic acids is 4. The molecule has 0 heterocycles. The summed E-state index contributed by atoms with van der Waals surface area (Å²) in [6, 6.07) is 0. The van der Waals surface area contributed by atoms with Crippen molar-refractivity contribution < 1.29 is 80.2 Å². The van der Waals surface area contributed by atoms with E-state index in [1.165, 1.54) is 141 Å².